The van der Waals surface area contributed by atoms with Gasteiger partial charge in [0.15, 0.2) is 0 Å². The summed E-state index contributed by atoms with van der Waals surface area (Å²) < 4.78 is 0.777. The molecular weight excluding hydrogens is 282 g/mol. The zero-order chi connectivity index (χ0) is 12.8. The molecule has 0 aliphatic rings. The molecule has 96 valence electrons. The van der Waals surface area contributed by atoms with Gasteiger partial charge in [-0.25, -0.2) is 9.97 Å². The normalized spacial score (nSPS) is 12.8. The lowest BCUT2D eigenvalue weighted by molar-refractivity contribution is 0.249. The number of aliphatic hydroxyl groups excluding tert-OH is 1. The van der Waals surface area contributed by atoms with Crippen LogP contribution in [0.25, 0.3) is 0 Å². The summed E-state index contributed by atoms with van der Waals surface area (Å²) in [4.78, 5) is 8.73. The van der Waals surface area contributed by atoms with Gasteiger partial charge in [0.2, 0.25) is 0 Å². The molecule has 1 aromatic rings. The van der Waals surface area contributed by atoms with E-state index in [9.17, 15) is 5.11 Å². The second-order valence-corrected chi connectivity index (χ2v) is 5.23. The summed E-state index contributed by atoms with van der Waals surface area (Å²) in [5, 5.41) is 12.5. The molecule has 1 rings (SSSR count). The maximum absolute atomic E-state index is 9.28. The van der Waals surface area contributed by atoms with Crippen LogP contribution >= 0.6 is 15.9 Å². The molecule has 0 saturated heterocycles. The van der Waals surface area contributed by atoms with Gasteiger partial charge in [0.05, 0.1) is 12.6 Å². The van der Waals surface area contributed by atoms with Gasteiger partial charge in [0.1, 0.15) is 16.2 Å². The van der Waals surface area contributed by atoms with Gasteiger partial charge in [-0.1, -0.05) is 20.8 Å². The Morgan fingerprint density at radius 1 is 1.41 bits per heavy atom. The highest BCUT2D eigenvalue weighted by Crippen LogP contribution is 2.16. The van der Waals surface area contributed by atoms with Crippen LogP contribution in [-0.2, 0) is 6.42 Å². The fourth-order valence-electron chi connectivity index (χ4n) is 1.49. The van der Waals surface area contributed by atoms with Crippen molar-refractivity contribution in [3.8, 4) is 0 Å². The number of aryl methyl sites for hydroxylation is 1. The number of nitrogens with one attached hydrogen (secondary N) is 1. The van der Waals surface area contributed by atoms with Crippen LogP contribution < -0.4 is 5.32 Å². The lowest BCUT2D eigenvalue weighted by atomic mass is 10.1. The second-order valence-electron chi connectivity index (χ2n) is 4.42. The predicted molar refractivity (Wildman–Crippen MR) is 73.1 cm³/mol. The van der Waals surface area contributed by atoms with E-state index in [-0.39, 0.29) is 12.6 Å². The van der Waals surface area contributed by atoms with Crippen molar-refractivity contribution in [3.05, 3.63) is 16.5 Å². The minimum Gasteiger partial charge on any atom is -0.394 e. The monoisotopic (exact) mass is 301 g/mol. The van der Waals surface area contributed by atoms with Crippen molar-refractivity contribution < 1.29 is 5.11 Å². The molecule has 5 heteroatoms. The molecule has 1 atom stereocenters. The molecular formula is C12H20BrN3O. The quantitative estimate of drug-likeness (QED) is 0.793. The van der Waals surface area contributed by atoms with Gasteiger partial charge < -0.3 is 10.4 Å². The Morgan fingerprint density at radius 3 is 2.65 bits per heavy atom. The Bertz CT molecular complexity index is 358. The van der Waals surface area contributed by atoms with E-state index in [0.717, 1.165) is 29.1 Å². The highest BCUT2D eigenvalue weighted by atomic mass is 79.9. The molecule has 0 radical (unpaired) electrons. The summed E-state index contributed by atoms with van der Waals surface area (Å²) in [7, 11) is 0. The maximum atomic E-state index is 9.28. The van der Waals surface area contributed by atoms with Crippen LogP contribution in [0.3, 0.4) is 0 Å². The van der Waals surface area contributed by atoms with Crippen molar-refractivity contribution in [3.63, 3.8) is 0 Å². The van der Waals surface area contributed by atoms with E-state index < -0.39 is 0 Å². The molecule has 0 aliphatic heterocycles. The maximum Gasteiger partial charge on any atom is 0.132 e. The average Bonchev–Trinajstić information content (AvgIpc) is 2.25. The van der Waals surface area contributed by atoms with E-state index in [1.165, 1.54) is 0 Å². The zero-order valence-electron chi connectivity index (χ0n) is 10.6. The van der Waals surface area contributed by atoms with Gasteiger partial charge in [-0.3, -0.25) is 0 Å². The fraction of sp³-hybridized carbons (Fsp3) is 0.667. The zero-order valence-corrected chi connectivity index (χ0v) is 12.2. The number of rotatable bonds is 6. The summed E-state index contributed by atoms with van der Waals surface area (Å²) in [6, 6.07) is 1.86. The van der Waals surface area contributed by atoms with Crippen molar-refractivity contribution in [1.29, 1.82) is 0 Å². The molecule has 0 amide bonds. The lowest BCUT2D eigenvalue weighted by Gasteiger charge is -2.20. The molecule has 0 unspecified atom stereocenters. The summed E-state index contributed by atoms with van der Waals surface area (Å²) in [5.41, 5.74) is 0. The number of aliphatic hydroxyl groups is 1. The van der Waals surface area contributed by atoms with Gasteiger partial charge in [0.25, 0.3) is 0 Å². The van der Waals surface area contributed by atoms with Crippen LogP contribution in [0.5, 0.6) is 0 Å². The Kier molecular flexibility index (Phi) is 5.85. The van der Waals surface area contributed by atoms with E-state index in [4.69, 9.17) is 0 Å². The van der Waals surface area contributed by atoms with Crippen LogP contribution in [0.15, 0.2) is 10.7 Å². The molecule has 4 nitrogen and oxygen atoms in total. The average molecular weight is 302 g/mol. The third kappa shape index (κ3) is 4.60. The lowest BCUT2D eigenvalue weighted by Crippen LogP contribution is -2.30. The molecule has 0 spiro atoms. The standard InChI is InChI=1S/C12H20BrN3O/c1-4-5-11-15-10(13)6-12(16-11)14-9(7-17)8(2)3/h6,8-9,17H,4-5,7H2,1-3H3,(H,14,15,16)/t9-/m1/s1. The highest BCUT2D eigenvalue weighted by molar-refractivity contribution is 9.10. The van der Waals surface area contributed by atoms with Crippen LogP contribution in [0.4, 0.5) is 5.82 Å². The third-order valence-corrected chi connectivity index (χ3v) is 2.96. The summed E-state index contributed by atoms with van der Waals surface area (Å²) >= 11 is 3.38. The fourth-order valence-corrected chi connectivity index (χ4v) is 1.91. The largest absolute Gasteiger partial charge is 0.394 e. The van der Waals surface area contributed by atoms with Crippen LogP contribution in [0, 0.1) is 5.92 Å². The van der Waals surface area contributed by atoms with Gasteiger partial charge in [-0.15, -0.1) is 0 Å². The number of hydrogen-bond donors (Lipinski definition) is 2. The molecule has 0 fully saturated rings. The molecule has 0 saturated carbocycles. The summed E-state index contributed by atoms with van der Waals surface area (Å²) in [6.07, 6.45) is 1.88. The first-order chi connectivity index (χ1) is 8.06. The first-order valence-electron chi connectivity index (χ1n) is 5.97. The molecule has 1 aromatic heterocycles. The summed E-state index contributed by atoms with van der Waals surface area (Å²) in [5.74, 6) is 1.94. The molecule has 2 N–H and O–H groups in total. The van der Waals surface area contributed by atoms with Gasteiger partial charge >= 0.3 is 0 Å². The number of aromatic nitrogens is 2. The van der Waals surface area contributed by atoms with E-state index in [1.807, 2.05) is 6.07 Å². The van der Waals surface area contributed by atoms with Crippen LogP contribution in [0.2, 0.25) is 0 Å². The second kappa shape index (κ2) is 6.91. The van der Waals surface area contributed by atoms with Crippen molar-refractivity contribution in [2.24, 2.45) is 5.92 Å². The predicted octanol–water partition coefficient (Wildman–Crippen LogP) is 2.62. The molecule has 0 bridgehead atoms. The van der Waals surface area contributed by atoms with E-state index in [0.29, 0.717) is 5.92 Å². The first kappa shape index (κ1) is 14.4. The van der Waals surface area contributed by atoms with E-state index in [1.54, 1.807) is 0 Å². The molecule has 0 aromatic carbocycles. The Labute approximate surface area is 111 Å². The SMILES string of the molecule is CCCc1nc(Br)cc(N[C@H](CO)C(C)C)n1. The smallest absolute Gasteiger partial charge is 0.132 e. The number of anilines is 1. The topological polar surface area (TPSA) is 58.0 Å². The van der Waals surface area contributed by atoms with Crippen LogP contribution in [0.1, 0.15) is 33.0 Å². The Hall–Kier alpha value is -0.680. The Balaban J connectivity index is 2.82. The molecule has 1 heterocycles. The van der Waals surface area contributed by atoms with Crippen molar-refractivity contribution in [2.75, 3.05) is 11.9 Å². The molecule has 17 heavy (non-hydrogen) atoms. The number of halogens is 1. The first-order valence-corrected chi connectivity index (χ1v) is 6.77. The highest BCUT2D eigenvalue weighted by Gasteiger charge is 2.13. The van der Waals surface area contributed by atoms with Gasteiger partial charge in [-0.2, -0.15) is 0 Å². The van der Waals surface area contributed by atoms with Crippen LogP contribution in [-0.4, -0.2) is 27.7 Å². The number of nitrogens with zero attached hydrogens (tertiary/aromatic N) is 2. The van der Waals surface area contributed by atoms with Crippen molar-refractivity contribution >= 4 is 21.7 Å². The van der Waals surface area contributed by atoms with Crippen molar-refractivity contribution in [1.82, 2.24) is 9.97 Å². The summed E-state index contributed by atoms with van der Waals surface area (Å²) in [6.45, 7) is 6.33. The minimum atomic E-state index is 0.0197. The number of hydrogen-bond acceptors (Lipinski definition) is 4. The van der Waals surface area contributed by atoms with E-state index in [2.05, 4.69) is 52.0 Å². The third-order valence-electron chi connectivity index (χ3n) is 2.55. The van der Waals surface area contributed by atoms with Gasteiger partial charge in [-0.05, 0) is 28.3 Å². The Morgan fingerprint density at radius 2 is 2.12 bits per heavy atom. The van der Waals surface area contributed by atoms with Crippen molar-refractivity contribution in [2.45, 2.75) is 39.7 Å². The van der Waals surface area contributed by atoms with E-state index >= 15 is 0 Å². The van der Waals surface area contributed by atoms with Gasteiger partial charge in [0, 0.05) is 12.5 Å². The minimum absolute atomic E-state index is 0.0197. The molecule has 0 aliphatic carbocycles.